The van der Waals surface area contributed by atoms with Crippen LogP contribution in [0, 0.1) is 5.92 Å². The minimum Gasteiger partial charge on any atom is -0.469 e. The normalized spacial score (nSPS) is 18.2. The van der Waals surface area contributed by atoms with E-state index < -0.39 is 60.8 Å². The molecule has 1 aliphatic heterocycles. The van der Waals surface area contributed by atoms with Crippen molar-refractivity contribution in [1.82, 2.24) is 20.9 Å². The molecule has 12 nitrogen and oxygen atoms in total. The molecule has 0 radical (unpaired) electrons. The molecule has 1 aliphatic rings. The first-order chi connectivity index (χ1) is 15.4. The first-order valence-corrected chi connectivity index (χ1v) is 11.0. The van der Waals surface area contributed by atoms with E-state index in [4.69, 9.17) is 0 Å². The lowest BCUT2D eigenvalue weighted by atomic mass is 9.73. The van der Waals surface area contributed by atoms with Gasteiger partial charge >= 0.3 is 13.1 Å². The van der Waals surface area contributed by atoms with E-state index in [-0.39, 0.29) is 18.8 Å². The van der Waals surface area contributed by atoms with Crippen LogP contribution in [0.25, 0.3) is 0 Å². The molecule has 0 aliphatic carbocycles. The third-order valence-corrected chi connectivity index (χ3v) is 5.47. The second-order valence-electron chi connectivity index (χ2n) is 8.48. The predicted molar refractivity (Wildman–Crippen MR) is 118 cm³/mol. The number of nitrogens with zero attached hydrogens (tertiary/aromatic N) is 1. The largest absolute Gasteiger partial charge is 0.475 e. The summed E-state index contributed by atoms with van der Waals surface area (Å²) in [5, 5.41) is 26.5. The first-order valence-electron chi connectivity index (χ1n) is 11.0. The van der Waals surface area contributed by atoms with Crippen molar-refractivity contribution in [2.75, 3.05) is 13.7 Å². The van der Waals surface area contributed by atoms with Crippen molar-refractivity contribution >= 4 is 36.7 Å². The highest BCUT2D eigenvalue weighted by atomic mass is 16.5. The third kappa shape index (κ3) is 8.65. The van der Waals surface area contributed by atoms with Gasteiger partial charge in [-0.25, -0.2) is 0 Å². The van der Waals surface area contributed by atoms with Crippen LogP contribution in [0.15, 0.2) is 0 Å². The van der Waals surface area contributed by atoms with Gasteiger partial charge < -0.3 is 35.6 Å². The first kappa shape index (κ1) is 28.4. The van der Waals surface area contributed by atoms with Gasteiger partial charge in [0.25, 0.3) is 0 Å². The van der Waals surface area contributed by atoms with Gasteiger partial charge in [-0.05, 0) is 32.6 Å². The molecule has 1 heterocycles. The Morgan fingerprint density at radius 1 is 1.00 bits per heavy atom. The smallest absolute Gasteiger partial charge is 0.469 e. The van der Waals surface area contributed by atoms with Crippen LogP contribution in [0.4, 0.5) is 0 Å². The number of amides is 4. The van der Waals surface area contributed by atoms with Crippen LogP contribution in [0.5, 0.6) is 0 Å². The molecule has 0 bridgehead atoms. The molecule has 1 rings (SSSR count). The Morgan fingerprint density at radius 3 is 2.18 bits per heavy atom. The van der Waals surface area contributed by atoms with Crippen molar-refractivity contribution in [3.8, 4) is 0 Å². The van der Waals surface area contributed by atoms with Crippen molar-refractivity contribution in [2.24, 2.45) is 5.92 Å². The Morgan fingerprint density at radius 2 is 1.64 bits per heavy atom. The van der Waals surface area contributed by atoms with Gasteiger partial charge in [0.15, 0.2) is 0 Å². The van der Waals surface area contributed by atoms with Crippen molar-refractivity contribution in [3.63, 3.8) is 0 Å². The van der Waals surface area contributed by atoms with Gasteiger partial charge in [0, 0.05) is 13.0 Å². The maximum atomic E-state index is 12.9. The highest BCUT2D eigenvalue weighted by Crippen LogP contribution is 2.19. The lowest BCUT2D eigenvalue weighted by Gasteiger charge is -2.30. The zero-order valence-electron chi connectivity index (χ0n) is 19.8. The molecular weight excluding hydrogens is 435 g/mol. The molecule has 186 valence electrons. The molecule has 0 spiro atoms. The molecule has 13 heteroatoms. The van der Waals surface area contributed by atoms with Gasteiger partial charge in [-0.1, -0.05) is 13.8 Å². The minimum absolute atomic E-state index is 0.116. The van der Waals surface area contributed by atoms with Crippen LogP contribution in [0.1, 0.15) is 53.4 Å². The Bertz CT molecular complexity index is 725. The fourth-order valence-electron chi connectivity index (χ4n) is 3.49. The number of carbonyl (C=O) groups excluding carboxylic acids is 5. The van der Waals surface area contributed by atoms with Gasteiger partial charge in [0.05, 0.1) is 19.5 Å². The fourth-order valence-corrected chi connectivity index (χ4v) is 3.49. The topological polar surface area (TPSA) is 174 Å². The number of carbonyl (C=O) groups is 5. The summed E-state index contributed by atoms with van der Waals surface area (Å²) in [5.41, 5.74) is 0. The van der Waals surface area contributed by atoms with Crippen LogP contribution in [0.3, 0.4) is 0 Å². The van der Waals surface area contributed by atoms with E-state index in [9.17, 15) is 34.0 Å². The molecule has 33 heavy (non-hydrogen) atoms. The van der Waals surface area contributed by atoms with E-state index in [0.29, 0.717) is 19.4 Å². The number of esters is 1. The van der Waals surface area contributed by atoms with Gasteiger partial charge in [-0.3, -0.25) is 24.0 Å². The number of ether oxygens (including phenoxy) is 1. The number of methoxy groups -OCH3 is 1. The van der Waals surface area contributed by atoms with E-state index in [0.717, 1.165) is 0 Å². The molecule has 4 amide bonds. The molecule has 5 N–H and O–H groups in total. The zero-order valence-corrected chi connectivity index (χ0v) is 19.8. The maximum Gasteiger partial charge on any atom is 0.475 e. The fraction of sp³-hybridized carbons (Fsp3) is 0.750. The average molecular weight is 470 g/mol. The summed E-state index contributed by atoms with van der Waals surface area (Å²) in [4.78, 5) is 62.3. The monoisotopic (exact) mass is 470 g/mol. The minimum atomic E-state index is -1.73. The summed E-state index contributed by atoms with van der Waals surface area (Å²) in [6.45, 7) is 6.71. The SMILES string of the molecule is COC(=O)CCC(=O)NC(C)C(=O)N[C@@H](C)C(=O)N1CCC[C@H]1C(=O)N[C@H](B(O)O)C(C)C. The highest BCUT2D eigenvalue weighted by Gasteiger charge is 2.39. The molecule has 1 saturated heterocycles. The zero-order chi connectivity index (χ0) is 25.3. The summed E-state index contributed by atoms with van der Waals surface area (Å²) in [6, 6.07) is -2.68. The molecule has 1 fully saturated rings. The molecule has 0 aromatic rings. The number of hydrogen-bond donors (Lipinski definition) is 5. The van der Waals surface area contributed by atoms with Gasteiger partial charge in [0.1, 0.15) is 18.1 Å². The Labute approximate surface area is 193 Å². The second-order valence-corrected chi connectivity index (χ2v) is 8.48. The highest BCUT2D eigenvalue weighted by molar-refractivity contribution is 6.43. The molecule has 0 saturated carbocycles. The summed E-state index contributed by atoms with van der Waals surface area (Å²) in [5.74, 6) is -3.71. The van der Waals surface area contributed by atoms with E-state index in [1.807, 2.05) is 0 Å². The Kier molecular flexibility index (Phi) is 11.3. The summed E-state index contributed by atoms with van der Waals surface area (Å²) < 4.78 is 4.46. The van der Waals surface area contributed by atoms with E-state index >= 15 is 0 Å². The molecular formula is C20H35BN4O8. The van der Waals surface area contributed by atoms with Crippen molar-refractivity contribution in [2.45, 2.75) is 77.4 Å². The van der Waals surface area contributed by atoms with E-state index in [2.05, 4.69) is 20.7 Å². The van der Waals surface area contributed by atoms with Crippen molar-refractivity contribution in [3.05, 3.63) is 0 Å². The van der Waals surface area contributed by atoms with Gasteiger partial charge in [0.2, 0.25) is 23.6 Å². The molecule has 1 unspecified atom stereocenters. The van der Waals surface area contributed by atoms with Gasteiger partial charge in [-0.2, -0.15) is 0 Å². The average Bonchev–Trinajstić information content (AvgIpc) is 3.24. The Balaban J connectivity index is 2.65. The van der Waals surface area contributed by atoms with Crippen LogP contribution >= 0.6 is 0 Å². The van der Waals surface area contributed by atoms with Crippen LogP contribution in [-0.2, 0) is 28.7 Å². The quantitative estimate of drug-likeness (QED) is 0.172. The van der Waals surface area contributed by atoms with Crippen molar-refractivity contribution in [1.29, 1.82) is 0 Å². The van der Waals surface area contributed by atoms with E-state index in [1.165, 1.54) is 25.9 Å². The van der Waals surface area contributed by atoms with Crippen LogP contribution < -0.4 is 16.0 Å². The lowest BCUT2D eigenvalue weighted by molar-refractivity contribution is -0.142. The number of likely N-dealkylation sites (tertiary alicyclic amines) is 1. The van der Waals surface area contributed by atoms with E-state index in [1.54, 1.807) is 13.8 Å². The number of rotatable bonds is 11. The van der Waals surface area contributed by atoms with Crippen LogP contribution in [-0.4, -0.2) is 89.4 Å². The van der Waals surface area contributed by atoms with Crippen molar-refractivity contribution < 1.29 is 38.8 Å². The lowest BCUT2D eigenvalue weighted by Crippen LogP contribution is -2.58. The van der Waals surface area contributed by atoms with Gasteiger partial charge in [-0.15, -0.1) is 0 Å². The third-order valence-electron chi connectivity index (χ3n) is 5.47. The summed E-state index contributed by atoms with van der Waals surface area (Å²) in [6.07, 6.45) is 0.751. The Hall–Kier alpha value is -2.67. The maximum absolute atomic E-state index is 12.9. The number of nitrogens with one attached hydrogen (secondary N) is 3. The standard InChI is InChI=1S/C20H35BN4O8/c1-11(2)17(21(31)32)24-19(29)14-7-6-10-25(14)20(30)13(4)23-18(28)12(3)22-15(26)8-9-16(27)33-5/h11-14,17,31-32H,6-10H2,1-5H3,(H,22,26)(H,23,28)(H,24,29)/t12?,13-,14-,17-/m0/s1. The summed E-state index contributed by atoms with van der Waals surface area (Å²) >= 11 is 0. The second kappa shape index (κ2) is 13.1. The number of hydrogen-bond acceptors (Lipinski definition) is 8. The summed E-state index contributed by atoms with van der Waals surface area (Å²) in [7, 11) is -0.524. The predicted octanol–water partition coefficient (Wildman–Crippen LogP) is -1.91. The molecule has 0 aromatic carbocycles. The molecule has 0 aromatic heterocycles. The molecule has 4 atom stereocenters. The van der Waals surface area contributed by atoms with Crippen LogP contribution in [0.2, 0.25) is 0 Å².